The number of nitrogens with zero attached hydrogens (tertiary/aromatic N) is 1. The maximum absolute atomic E-state index is 12.0. The lowest BCUT2D eigenvalue weighted by molar-refractivity contribution is 0.0955. The van der Waals surface area contributed by atoms with Crippen LogP contribution < -0.4 is 10.2 Å². The van der Waals surface area contributed by atoms with Gasteiger partial charge in [0.1, 0.15) is 12.4 Å². The van der Waals surface area contributed by atoms with Crippen molar-refractivity contribution >= 4 is 23.7 Å². The molecule has 3 aromatic rings. The van der Waals surface area contributed by atoms with E-state index in [1.807, 2.05) is 55.5 Å². The van der Waals surface area contributed by atoms with Gasteiger partial charge in [0.2, 0.25) is 0 Å². The lowest BCUT2D eigenvalue weighted by atomic mass is 10.1. The highest BCUT2D eigenvalue weighted by Crippen LogP contribution is 2.25. The van der Waals surface area contributed by atoms with Crippen molar-refractivity contribution < 1.29 is 9.53 Å². The molecule has 27 heavy (non-hydrogen) atoms. The van der Waals surface area contributed by atoms with Crippen LogP contribution >= 0.6 is 11.6 Å². The standard InChI is InChI=1S/C22H19ClN2O2/c1-16-7-10-19(11-8-16)22(26)25-24-14-18-9-12-21(20(23)13-18)27-15-17-5-3-2-4-6-17/h2-14H,15H2,1H3,(H,25,26)/b24-14-. The molecule has 0 aromatic heterocycles. The van der Waals surface area contributed by atoms with Gasteiger partial charge < -0.3 is 4.74 Å². The van der Waals surface area contributed by atoms with Gasteiger partial charge in [-0.1, -0.05) is 59.6 Å². The van der Waals surface area contributed by atoms with E-state index in [1.54, 1.807) is 30.5 Å². The molecule has 5 heteroatoms. The molecule has 0 radical (unpaired) electrons. The SMILES string of the molecule is Cc1ccc(C(=O)N/N=C\c2ccc(OCc3ccccc3)c(Cl)c2)cc1. The average Bonchev–Trinajstić information content (AvgIpc) is 2.68. The Morgan fingerprint density at radius 3 is 2.52 bits per heavy atom. The van der Waals surface area contributed by atoms with E-state index in [1.165, 1.54) is 0 Å². The molecule has 0 aliphatic rings. The van der Waals surface area contributed by atoms with Crippen LogP contribution in [-0.2, 0) is 6.61 Å². The zero-order valence-corrected chi connectivity index (χ0v) is 15.6. The summed E-state index contributed by atoms with van der Waals surface area (Å²) in [5, 5.41) is 4.47. The molecule has 1 amide bonds. The molecular weight excluding hydrogens is 360 g/mol. The van der Waals surface area contributed by atoms with Crippen molar-refractivity contribution in [3.63, 3.8) is 0 Å². The normalized spacial score (nSPS) is 10.7. The summed E-state index contributed by atoms with van der Waals surface area (Å²) < 4.78 is 5.74. The smallest absolute Gasteiger partial charge is 0.271 e. The fourth-order valence-electron chi connectivity index (χ4n) is 2.38. The topological polar surface area (TPSA) is 50.7 Å². The molecule has 0 fully saturated rings. The van der Waals surface area contributed by atoms with Gasteiger partial charge in [0, 0.05) is 5.56 Å². The molecule has 3 rings (SSSR count). The number of ether oxygens (including phenoxy) is 1. The zero-order valence-electron chi connectivity index (χ0n) is 14.9. The number of carbonyl (C=O) groups is 1. The molecule has 136 valence electrons. The van der Waals surface area contributed by atoms with Crippen LogP contribution in [0.4, 0.5) is 0 Å². The summed E-state index contributed by atoms with van der Waals surface area (Å²) in [5.41, 5.74) is 5.98. The second-order valence-corrected chi connectivity index (χ2v) is 6.44. The van der Waals surface area contributed by atoms with Crippen molar-refractivity contribution in [2.45, 2.75) is 13.5 Å². The summed E-state index contributed by atoms with van der Waals surface area (Å²) >= 11 is 6.27. The summed E-state index contributed by atoms with van der Waals surface area (Å²) in [5.74, 6) is 0.335. The van der Waals surface area contributed by atoms with Gasteiger partial charge in [-0.3, -0.25) is 4.79 Å². The third-order valence-electron chi connectivity index (χ3n) is 3.89. The van der Waals surface area contributed by atoms with Crippen LogP contribution in [-0.4, -0.2) is 12.1 Å². The lowest BCUT2D eigenvalue weighted by Gasteiger charge is -2.08. The Morgan fingerprint density at radius 1 is 1.07 bits per heavy atom. The van der Waals surface area contributed by atoms with Crippen LogP contribution in [0.5, 0.6) is 5.75 Å². The van der Waals surface area contributed by atoms with Gasteiger partial charge in [-0.25, -0.2) is 5.43 Å². The first-order valence-corrected chi connectivity index (χ1v) is 8.86. The number of rotatable bonds is 6. The third-order valence-corrected chi connectivity index (χ3v) is 4.18. The molecule has 0 bridgehead atoms. The molecule has 0 atom stereocenters. The van der Waals surface area contributed by atoms with Gasteiger partial charge in [0.15, 0.2) is 0 Å². The number of hydrazone groups is 1. The number of halogens is 1. The number of carbonyl (C=O) groups excluding carboxylic acids is 1. The van der Waals surface area contributed by atoms with Crippen LogP contribution in [0.15, 0.2) is 77.9 Å². The molecular formula is C22H19ClN2O2. The average molecular weight is 379 g/mol. The highest BCUT2D eigenvalue weighted by atomic mass is 35.5. The fraction of sp³-hybridized carbons (Fsp3) is 0.0909. The monoisotopic (exact) mass is 378 g/mol. The fourth-order valence-corrected chi connectivity index (χ4v) is 2.63. The first-order chi connectivity index (χ1) is 13.1. The van der Waals surface area contributed by atoms with E-state index in [2.05, 4.69) is 10.5 Å². The van der Waals surface area contributed by atoms with Crippen molar-refractivity contribution in [3.05, 3.63) is 100 Å². The summed E-state index contributed by atoms with van der Waals surface area (Å²) in [6, 6.07) is 22.5. The highest BCUT2D eigenvalue weighted by molar-refractivity contribution is 6.32. The van der Waals surface area contributed by atoms with E-state index in [0.717, 1.165) is 16.7 Å². The zero-order chi connectivity index (χ0) is 19.1. The van der Waals surface area contributed by atoms with Crippen molar-refractivity contribution in [1.29, 1.82) is 0 Å². The highest BCUT2D eigenvalue weighted by Gasteiger charge is 2.04. The van der Waals surface area contributed by atoms with Crippen LogP contribution in [0, 0.1) is 6.92 Å². The summed E-state index contributed by atoms with van der Waals surface area (Å²) in [6.07, 6.45) is 1.54. The van der Waals surface area contributed by atoms with Crippen LogP contribution in [0.3, 0.4) is 0 Å². The Hall–Kier alpha value is -3.11. The molecule has 0 heterocycles. The van der Waals surface area contributed by atoms with Gasteiger partial charge in [-0.15, -0.1) is 0 Å². The Bertz CT molecular complexity index is 938. The molecule has 0 spiro atoms. The maximum Gasteiger partial charge on any atom is 0.271 e. The molecule has 0 aliphatic carbocycles. The van der Waals surface area contributed by atoms with E-state index in [0.29, 0.717) is 22.9 Å². The molecule has 0 unspecified atom stereocenters. The largest absolute Gasteiger partial charge is 0.487 e. The van der Waals surface area contributed by atoms with E-state index in [4.69, 9.17) is 16.3 Å². The molecule has 0 saturated carbocycles. The second kappa shape index (κ2) is 9.01. The van der Waals surface area contributed by atoms with E-state index >= 15 is 0 Å². The molecule has 3 aromatic carbocycles. The lowest BCUT2D eigenvalue weighted by Crippen LogP contribution is -2.17. The third kappa shape index (κ3) is 5.43. The first kappa shape index (κ1) is 18.7. The number of hydrogen-bond donors (Lipinski definition) is 1. The number of nitrogens with one attached hydrogen (secondary N) is 1. The summed E-state index contributed by atoms with van der Waals surface area (Å²) in [4.78, 5) is 12.0. The molecule has 1 N–H and O–H groups in total. The summed E-state index contributed by atoms with van der Waals surface area (Å²) in [6.45, 7) is 2.41. The van der Waals surface area contributed by atoms with Gasteiger partial charge in [-0.2, -0.15) is 5.10 Å². The molecule has 0 aliphatic heterocycles. The number of amides is 1. The predicted molar refractivity (Wildman–Crippen MR) is 108 cm³/mol. The van der Waals surface area contributed by atoms with Gasteiger partial charge in [0.05, 0.1) is 11.2 Å². The number of aryl methyl sites for hydroxylation is 1. The quantitative estimate of drug-likeness (QED) is 0.485. The van der Waals surface area contributed by atoms with Crippen LogP contribution in [0.25, 0.3) is 0 Å². The van der Waals surface area contributed by atoms with Crippen molar-refractivity contribution in [2.75, 3.05) is 0 Å². The Balaban J connectivity index is 1.57. The van der Waals surface area contributed by atoms with Crippen molar-refractivity contribution in [3.8, 4) is 5.75 Å². The van der Waals surface area contributed by atoms with E-state index in [-0.39, 0.29) is 5.91 Å². The van der Waals surface area contributed by atoms with Crippen LogP contribution in [0.2, 0.25) is 5.02 Å². The maximum atomic E-state index is 12.0. The predicted octanol–water partition coefficient (Wildman–Crippen LogP) is 4.99. The molecule has 0 saturated heterocycles. The first-order valence-electron chi connectivity index (χ1n) is 8.48. The van der Waals surface area contributed by atoms with Crippen LogP contribution in [0.1, 0.15) is 27.0 Å². The minimum atomic E-state index is -0.264. The van der Waals surface area contributed by atoms with Gasteiger partial charge >= 0.3 is 0 Å². The number of hydrogen-bond acceptors (Lipinski definition) is 3. The number of benzene rings is 3. The van der Waals surface area contributed by atoms with Crippen molar-refractivity contribution in [2.24, 2.45) is 5.10 Å². The second-order valence-electron chi connectivity index (χ2n) is 6.03. The summed E-state index contributed by atoms with van der Waals surface area (Å²) in [7, 11) is 0. The van der Waals surface area contributed by atoms with E-state index in [9.17, 15) is 4.79 Å². The Kier molecular flexibility index (Phi) is 6.23. The Morgan fingerprint density at radius 2 is 1.81 bits per heavy atom. The van der Waals surface area contributed by atoms with Gasteiger partial charge in [0.25, 0.3) is 5.91 Å². The minimum Gasteiger partial charge on any atom is -0.487 e. The minimum absolute atomic E-state index is 0.264. The van der Waals surface area contributed by atoms with E-state index < -0.39 is 0 Å². The van der Waals surface area contributed by atoms with Gasteiger partial charge in [-0.05, 0) is 48.4 Å². The molecule has 4 nitrogen and oxygen atoms in total. The van der Waals surface area contributed by atoms with Crippen molar-refractivity contribution in [1.82, 2.24) is 5.43 Å². The Labute approximate surface area is 163 Å².